The fourth-order valence-corrected chi connectivity index (χ4v) is 3.17. The largest absolute Gasteiger partial charge is 0.467 e. The summed E-state index contributed by atoms with van der Waals surface area (Å²) in [5.74, 6) is 1.38. The van der Waals surface area contributed by atoms with Gasteiger partial charge >= 0.3 is 0 Å². The minimum Gasteiger partial charge on any atom is -0.467 e. The molecule has 0 spiro atoms. The first-order valence-electron chi connectivity index (χ1n) is 11.4. The Bertz CT molecular complexity index is 795. The second kappa shape index (κ2) is 13.9. The highest BCUT2D eigenvalue weighted by atomic mass is 16.7. The van der Waals surface area contributed by atoms with Gasteiger partial charge < -0.3 is 24.1 Å². The van der Waals surface area contributed by atoms with E-state index in [4.69, 9.17) is 18.9 Å². The highest BCUT2D eigenvalue weighted by Crippen LogP contribution is 2.25. The van der Waals surface area contributed by atoms with Gasteiger partial charge in [-0.3, -0.25) is 0 Å². The van der Waals surface area contributed by atoms with Crippen molar-refractivity contribution in [3.05, 3.63) is 59.2 Å². The maximum Gasteiger partial charge on any atom is 0.189 e. The van der Waals surface area contributed by atoms with Crippen LogP contribution in [0.5, 0.6) is 11.5 Å². The molecule has 0 saturated carbocycles. The van der Waals surface area contributed by atoms with Gasteiger partial charge in [-0.2, -0.15) is 0 Å². The van der Waals surface area contributed by atoms with Crippen molar-refractivity contribution in [2.24, 2.45) is 0 Å². The molecule has 0 heterocycles. The first-order chi connectivity index (χ1) is 15.4. The molecule has 0 bridgehead atoms. The Labute approximate surface area is 193 Å². The zero-order chi connectivity index (χ0) is 23.2. The smallest absolute Gasteiger partial charge is 0.189 e. The average molecular weight is 443 g/mol. The lowest BCUT2D eigenvalue weighted by molar-refractivity contribution is 0.0182. The average Bonchev–Trinajstić information content (AvgIpc) is 2.75. The molecule has 0 aliphatic heterocycles. The van der Waals surface area contributed by atoms with Gasteiger partial charge in [-0.1, -0.05) is 42.8 Å². The van der Waals surface area contributed by atoms with E-state index in [-0.39, 0.29) is 13.6 Å². The van der Waals surface area contributed by atoms with Crippen LogP contribution in [0.15, 0.2) is 42.5 Å². The summed E-state index contributed by atoms with van der Waals surface area (Å²) in [4.78, 5) is 0. The molecular weight excluding hydrogens is 404 g/mol. The van der Waals surface area contributed by atoms with Crippen molar-refractivity contribution in [1.29, 1.82) is 0 Å². The normalized spacial score (nSPS) is 11.8. The highest BCUT2D eigenvalue weighted by Gasteiger charge is 2.11. The summed E-state index contributed by atoms with van der Waals surface area (Å²) in [6.07, 6.45) is 8.05. The fraction of sp³-hybridized carbons (Fsp3) is 0.481. The molecule has 0 aliphatic carbocycles. The molecule has 0 atom stereocenters. The highest BCUT2D eigenvalue weighted by molar-refractivity contribution is 5.71. The van der Waals surface area contributed by atoms with Crippen molar-refractivity contribution in [3.63, 3.8) is 0 Å². The van der Waals surface area contributed by atoms with Crippen molar-refractivity contribution in [1.82, 2.24) is 0 Å². The lowest BCUT2D eigenvalue weighted by Gasteiger charge is -2.16. The lowest BCUT2D eigenvalue weighted by Crippen LogP contribution is -2.17. The van der Waals surface area contributed by atoms with Crippen LogP contribution in [0.25, 0.3) is 12.2 Å². The minimum absolute atomic E-state index is 0.198. The van der Waals surface area contributed by atoms with Crippen LogP contribution in [0.4, 0.5) is 0 Å². The Hall–Kier alpha value is -2.34. The van der Waals surface area contributed by atoms with E-state index >= 15 is 0 Å². The van der Waals surface area contributed by atoms with E-state index in [0.717, 1.165) is 36.8 Å². The number of rotatable bonds is 15. The number of aliphatic hydroxyl groups is 1. The Balaban J connectivity index is 2.04. The number of ether oxygens (including phenoxy) is 4. The maximum absolute atomic E-state index is 9.86. The number of benzene rings is 2. The molecule has 0 aromatic heterocycles. The van der Waals surface area contributed by atoms with Crippen molar-refractivity contribution >= 4 is 12.2 Å². The summed E-state index contributed by atoms with van der Waals surface area (Å²) in [5.41, 5.74) is 2.83. The predicted octanol–water partition coefficient (Wildman–Crippen LogP) is 6.09. The van der Waals surface area contributed by atoms with E-state index in [1.807, 2.05) is 45.9 Å². The molecule has 0 saturated heterocycles. The summed E-state index contributed by atoms with van der Waals surface area (Å²) >= 11 is 0. The van der Waals surface area contributed by atoms with Gasteiger partial charge in [0.1, 0.15) is 11.5 Å². The summed E-state index contributed by atoms with van der Waals surface area (Å²) in [5, 5.41) is 9.86. The van der Waals surface area contributed by atoms with Gasteiger partial charge in [0.25, 0.3) is 0 Å². The van der Waals surface area contributed by atoms with Crippen LogP contribution in [-0.2, 0) is 15.9 Å². The van der Waals surface area contributed by atoms with Crippen LogP contribution in [0.1, 0.15) is 63.6 Å². The Morgan fingerprint density at radius 2 is 1.44 bits per heavy atom. The van der Waals surface area contributed by atoms with Gasteiger partial charge in [-0.25, -0.2) is 0 Å². The van der Waals surface area contributed by atoms with E-state index in [1.54, 1.807) is 0 Å². The third-order valence-corrected chi connectivity index (χ3v) is 4.85. The molecule has 0 unspecified atom stereocenters. The van der Waals surface area contributed by atoms with Crippen LogP contribution >= 0.6 is 0 Å². The molecular formula is C27H38O5. The van der Waals surface area contributed by atoms with Crippen LogP contribution < -0.4 is 9.47 Å². The number of hydrogen-bond donors (Lipinski definition) is 1. The molecule has 0 fully saturated rings. The minimum atomic E-state index is -0.587. The molecule has 0 radical (unpaired) electrons. The van der Waals surface area contributed by atoms with E-state index in [9.17, 15) is 5.11 Å². The van der Waals surface area contributed by atoms with Crippen molar-refractivity contribution in [3.8, 4) is 11.5 Å². The van der Waals surface area contributed by atoms with Crippen molar-refractivity contribution in [2.75, 3.05) is 26.8 Å². The maximum atomic E-state index is 9.86. The van der Waals surface area contributed by atoms with Crippen LogP contribution in [0.2, 0.25) is 0 Å². The van der Waals surface area contributed by atoms with E-state index in [0.29, 0.717) is 24.7 Å². The SMILES string of the molecule is CCOCOc1cc(C=Cc2cccc(CCCCC(C)(C)O)c2)cc(OCOCC)c1. The number of hydrogen-bond acceptors (Lipinski definition) is 5. The molecule has 32 heavy (non-hydrogen) atoms. The van der Waals surface area contributed by atoms with Gasteiger partial charge in [0.05, 0.1) is 5.60 Å². The van der Waals surface area contributed by atoms with Gasteiger partial charge in [0, 0.05) is 19.3 Å². The summed E-state index contributed by atoms with van der Waals surface area (Å²) in [6, 6.07) is 14.3. The zero-order valence-electron chi connectivity index (χ0n) is 19.9. The number of aryl methyl sites for hydroxylation is 1. The topological polar surface area (TPSA) is 57.2 Å². The molecule has 2 rings (SSSR count). The quantitative estimate of drug-likeness (QED) is 0.206. The Morgan fingerprint density at radius 1 is 0.812 bits per heavy atom. The fourth-order valence-electron chi connectivity index (χ4n) is 3.17. The Morgan fingerprint density at radius 3 is 2.03 bits per heavy atom. The molecule has 2 aromatic carbocycles. The predicted molar refractivity (Wildman–Crippen MR) is 130 cm³/mol. The Kier molecular flexibility index (Phi) is 11.3. The van der Waals surface area contributed by atoms with Crippen LogP contribution in [0.3, 0.4) is 0 Å². The zero-order valence-corrected chi connectivity index (χ0v) is 19.9. The van der Waals surface area contributed by atoms with E-state index < -0.39 is 5.60 Å². The van der Waals surface area contributed by atoms with Crippen LogP contribution in [-0.4, -0.2) is 37.5 Å². The summed E-state index contributed by atoms with van der Waals surface area (Å²) in [7, 11) is 0. The molecule has 1 N–H and O–H groups in total. The third kappa shape index (κ3) is 10.8. The molecule has 0 aliphatic rings. The van der Waals surface area contributed by atoms with Gasteiger partial charge in [-0.05, 0) is 75.8 Å². The van der Waals surface area contributed by atoms with Gasteiger partial charge in [0.2, 0.25) is 0 Å². The second-order valence-corrected chi connectivity index (χ2v) is 8.35. The second-order valence-electron chi connectivity index (χ2n) is 8.35. The van der Waals surface area contributed by atoms with E-state index in [1.165, 1.54) is 5.56 Å². The standard InChI is InChI=1S/C27H38O5/c1-5-29-20-31-25-17-24(18-26(19-25)32-21-30-6-2)14-13-23-12-9-11-22(16-23)10-7-8-15-27(3,4)28/h9,11-14,16-19,28H,5-8,10,15,20-21H2,1-4H3. The summed E-state index contributed by atoms with van der Waals surface area (Å²) < 4.78 is 22.0. The van der Waals surface area contributed by atoms with Gasteiger partial charge in [-0.15, -0.1) is 0 Å². The molecule has 176 valence electrons. The first kappa shape index (κ1) is 25.9. The van der Waals surface area contributed by atoms with Gasteiger partial charge in [0.15, 0.2) is 13.6 Å². The first-order valence-corrected chi connectivity index (χ1v) is 11.4. The van der Waals surface area contributed by atoms with E-state index in [2.05, 4.69) is 36.4 Å². The van der Waals surface area contributed by atoms with Crippen molar-refractivity contribution in [2.45, 2.75) is 59.0 Å². The monoisotopic (exact) mass is 442 g/mol. The number of unbranched alkanes of at least 4 members (excludes halogenated alkanes) is 1. The molecule has 0 amide bonds. The lowest BCUT2D eigenvalue weighted by atomic mass is 9.98. The molecule has 5 heteroatoms. The van der Waals surface area contributed by atoms with Crippen LogP contribution in [0, 0.1) is 0 Å². The summed E-state index contributed by atoms with van der Waals surface area (Å²) in [6.45, 7) is 9.18. The molecule has 2 aromatic rings. The molecule has 5 nitrogen and oxygen atoms in total. The third-order valence-electron chi connectivity index (χ3n) is 4.85. The van der Waals surface area contributed by atoms with Crippen molar-refractivity contribution < 1.29 is 24.1 Å².